The van der Waals surface area contributed by atoms with E-state index in [4.69, 9.17) is 11.6 Å². The molecule has 0 aliphatic carbocycles. The molecule has 0 saturated carbocycles. The van der Waals surface area contributed by atoms with Gasteiger partial charge in [0.05, 0.1) is 11.9 Å². The second kappa shape index (κ2) is 5.76. The normalized spacial score (nSPS) is 19.6. The van der Waals surface area contributed by atoms with Gasteiger partial charge in [0.2, 0.25) is 5.91 Å². The largest absolute Gasteiger partial charge is 0.391 e. The Morgan fingerprint density at radius 1 is 1.47 bits per heavy atom. The third kappa shape index (κ3) is 3.63. The molecule has 3 nitrogen and oxygen atoms in total. The van der Waals surface area contributed by atoms with E-state index in [1.54, 1.807) is 4.90 Å². The molecule has 17 heavy (non-hydrogen) atoms. The van der Waals surface area contributed by atoms with Crippen LogP contribution in [-0.4, -0.2) is 40.9 Å². The van der Waals surface area contributed by atoms with Crippen molar-refractivity contribution in [2.45, 2.75) is 17.4 Å². The molecule has 0 spiro atoms. The highest BCUT2D eigenvalue weighted by Crippen LogP contribution is 2.21. The molecule has 1 atom stereocenters. The Kier molecular flexibility index (Phi) is 4.31. The molecule has 1 N–H and O–H groups in total. The van der Waals surface area contributed by atoms with Crippen molar-refractivity contribution < 1.29 is 9.90 Å². The Labute approximate surface area is 110 Å². The molecule has 1 aromatic carbocycles. The van der Waals surface area contributed by atoms with Gasteiger partial charge in [0.15, 0.2) is 0 Å². The SMILES string of the molecule is O=C(CSc1ccc(Cl)cc1)N1CCC(O)C1. The highest BCUT2D eigenvalue weighted by Gasteiger charge is 2.24. The summed E-state index contributed by atoms with van der Waals surface area (Å²) in [6.45, 7) is 1.14. The van der Waals surface area contributed by atoms with Crippen molar-refractivity contribution in [2.75, 3.05) is 18.8 Å². The molecule has 1 unspecified atom stereocenters. The summed E-state index contributed by atoms with van der Waals surface area (Å²) < 4.78 is 0. The maximum Gasteiger partial charge on any atom is 0.233 e. The van der Waals surface area contributed by atoms with E-state index in [1.807, 2.05) is 24.3 Å². The maximum atomic E-state index is 11.8. The van der Waals surface area contributed by atoms with Crippen molar-refractivity contribution in [1.82, 2.24) is 4.90 Å². The van der Waals surface area contributed by atoms with E-state index >= 15 is 0 Å². The van der Waals surface area contributed by atoms with Crippen molar-refractivity contribution in [3.8, 4) is 0 Å². The Balaban J connectivity index is 1.82. The molecule has 0 radical (unpaired) electrons. The quantitative estimate of drug-likeness (QED) is 0.855. The average Bonchev–Trinajstić information content (AvgIpc) is 2.75. The number of β-amino-alcohol motifs (C(OH)–C–C–N with tert-alkyl or cyclic N) is 1. The number of hydrogen-bond acceptors (Lipinski definition) is 3. The van der Waals surface area contributed by atoms with E-state index in [1.165, 1.54) is 11.8 Å². The minimum absolute atomic E-state index is 0.0847. The van der Waals surface area contributed by atoms with Crippen LogP contribution in [0.3, 0.4) is 0 Å². The zero-order valence-electron chi connectivity index (χ0n) is 9.30. The Bertz CT molecular complexity index is 396. The monoisotopic (exact) mass is 271 g/mol. The molecular weight excluding hydrogens is 258 g/mol. The molecule has 2 rings (SSSR count). The fourth-order valence-corrected chi connectivity index (χ4v) is 2.66. The second-order valence-electron chi connectivity index (χ2n) is 4.02. The first-order valence-corrected chi connectivity index (χ1v) is 6.86. The summed E-state index contributed by atoms with van der Waals surface area (Å²) in [4.78, 5) is 14.5. The molecule has 1 aromatic rings. The van der Waals surface area contributed by atoms with Crippen LogP contribution in [0.4, 0.5) is 0 Å². The van der Waals surface area contributed by atoms with Crippen molar-refractivity contribution in [2.24, 2.45) is 0 Å². The van der Waals surface area contributed by atoms with E-state index in [0.717, 1.165) is 4.90 Å². The Hall–Kier alpha value is -0.710. The molecule has 0 aromatic heterocycles. The smallest absolute Gasteiger partial charge is 0.233 e. The van der Waals surface area contributed by atoms with E-state index in [0.29, 0.717) is 30.3 Å². The zero-order valence-corrected chi connectivity index (χ0v) is 10.9. The molecule has 1 aliphatic rings. The molecule has 1 aliphatic heterocycles. The van der Waals surface area contributed by atoms with Gasteiger partial charge < -0.3 is 10.0 Å². The third-order valence-corrected chi connectivity index (χ3v) is 3.94. The fourth-order valence-electron chi connectivity index (χ4n) is 1.74. The zero-order chi connectivity index (χ0) is 12.3. The van der Waals surface area contributed by atoms with E-state index in [-0.39, 0.29) is 12.0 Å². The number of thioether (sulfide) groups is 1. The number of rotatable bonds is 3. The lowest BCUT2D eigenvalue weighted by atomic mass is 10.3. The lowest BCUT2D eigenvalue weighted by Gasteiger charge is -2.14. The number of hydrogen-bond donors (Lipinski definition) is 1. The number of likely N-dealkylation sites (tertiary alicyclic amines) is 1. The number of carbonyl (C=O) groups excluding carboxylic acids is 1. The van der Waals surface area contributed by atoms with Crippen LogP contribution < -0.4 is 0 Å². The standard InChI is InChI=1S/C12H14ClNO2S/c13-9-1-3-11(4-2-9)17-8-12(16)14-6-5-10(15)7-14/h1-4,10,15H,5-8H2. The molecule has 0 bridgehead atoms. The molecule has 1 saturated heterocycles. The first kappa shape index (κ1) is 12.7. The second-order valence-corrected chi connectivity index (χ2v) is 5.51. The summed E-state index contributed by atoms with van der Waals surface area (Å²) in [5.41, 5.74) is 0. The van der Waals surface area contributed by atoms with Gasteiger partial charge in [-0.1, -0.05) is 11.6 Å². The summed E-state index contributed by atoms with van der Waals surface area (Å²) in [5.74, 6) is 0.496. The minimum atomic E-state index is -0.348. The van der Waals surface area contributed by atoms with Crippen molar-refractivity contribution in [3.05, 3.63) is 29.3 Å². The van der Waals surface area contributed by atoms with Gasteiger partial charge in [0.1, 0.15) is 0 Å². The highest BCUT2D eigenvalue weighted by molar-refractivity contribution is 8.00. The minimum Gasteiger partial charge on any atom is -0.391 e. The van der Waals surface area contributed by atoms with Crippen LogP contribution in [0.1, 0.15) is 6.42 Å². The highest BCUT2D eigenvalue weighted by atomic mass is 35.5. The fraction of sp³-hybridized carbons (Fsp3) is 0.417. The predicted molar refractivity (Wildman–Crippen MR) is 69.4 cm³/mol. The Morgan fingerprint density at radius 3 is 2.76 bits per heavy atom. The summed E-state index contributed by atoms with van der Waals surface area (Å²) in [6.07, 6.45) is 0.344. The number of halogens is 1. The van der Waals surface area contributed by atoms with Crippen LogP contribution >= 0.6 is 23.4 Å². The molecule has 1 fully saturated rings. The predicted octanol–water partition coefficient (Wildman–Crippen LogP) is 2.03. The topological polar surface area (TPSA) is 40.5 Å². The third-order valence-electron chi connectivity index (χ3n) is 2.69. The number of aliphatic hydroxyl groups is 1. The van der Waals surface area contributed by atoms with E-state index < -0.39 is 0 Å². The maximum absolute atomic E-state index is 11.8. The summed E-state index contributed by atoms with van der Waals surface area (Å²) in [7, 11) is 0. The van der Waals surface area contributed by atoms with Gasteiger partial charge in [0.25, 0.3) is 0 Å². The van der Waals surface area contributed by atoms with Gasteiger partial charge in [-0.05, 0) is 30.7 Å². The van der Waals surface area contributed by atoms with Gasteiger partial charge in [-0.25, -0.2) is 0 Å². The molecule has 1 amide bonds. The summed E-state index contributed by atoms with van der Waals surface area (Å²) in [6, 6.07) is 7.43. The van der Waals surface area contributed by atoms with Crippen LogP contribution in [-0.2, 0) is 4.79 Å². The lowest BCUT2D eigenvalue weighted by Crippen LogP contribution is -2.30. The van der Waals surface area contributed by atoms with E-state index in [2.05, 4.69) is 0 Å². The number of aliphatic hydroxyl groups excluding tert-OH is 1. The molecule has 5 heteroatoms. The van der Waals surface area contributed by atoms with Crippen LogP contribution in [0.25, 0.3) is 0 Å². The van der Waals surface area contributed by atoms with Gasteiger partial charge in [-0.3, -0.25) is 4.79 Å². The first-order valence-electron chi connectivity index (χ1n) is 5.49. The molecular formula is C12H14ClNO2S. The Morgan fingerprint density at radius 2 is 2.18 bits per heavy atom. The molecule has 92 valence electrons. The van der Waals surface area contributed by atoms with Crippen LogP contribution in [0, 0.1) is 0 Å². The van der Waals surface area contributed by atoms with Crippen molar-refractivity contribution in [3.63, 3.8) is 0 Å². The lowest BCUT2D eigenvalue weighted by molar-refractivity contribution is -0.127. The first-order chi connectivity index (χ1) is 8.15. The average molecular weight is 272 g/mol. The van der Waals surface area contributed by atoms with E-state index in [9.17, 15) is 9.90 Å². The van der Waals surface area contributed by atoms with Gasteiger partial charge >= 0.3 is 0 Å². The number of benzene rings is 1. The van der Waals surface area contributed by atoms with Gasteiger partial charge in [0, 0.05) is 23.0 Å². The van der Waals surface area contributed by atoms with Crippen molar-refractivity contribution in [1.29, 1.82) is 0 Å². The van der Waals surface area contributed by atoms with Crippen LogP contribution in [0.15, 0.2) is 29.2 Å². The number of amides is 1. The molecule has 1 heterocycles. The van der Waals surface area contributed by atoms with Crippen LogP contribution in [0.5, 0.6) is 0 Å². The number of carbonyl (C=O) groups is 1. The summed E-state index contributed by atoms with van der Waals surface area (Å²) >= 11 is 7.28. The van der Waals surface area contributed by atoms with Crippen LogP contribution in [0.2, 0.25) is 5.02 Å². The number of nitrogens with zero attached hydrogens (tertiary/aromatic N) is 1. The van der Waals surface area contributed by atoms with Gasteiger partial charge in [-0.2, -0.15) is 0 Å². The van der Waals surface area contributed by atoms with Crippen molar-refractivity contribution >= 4 is 29.3 Å². The van der Waals surface area contributed by atoms with Gasteiger partial charge in [-0.15, -0.1) is 11.8 Å². The summed E-state index contributed by atoms with van der Waals surface area (Å²) in [5, 5.41) is 10.0.